The minimum atomic E-state index is -0.212. The van der Waals surface area contributed by atoms with E-state index in [1.807, 2.05) is 48.5 Å². The Labute approximate surface area is 154 Å². The average Bonchev–Trinajstić information content (AvgIpc) is 2.59. The van der Waals surface area contributed by atoms with Gasteiger partial charge in [-0.25, -0.2) is 4.79 Å². The van der Waals surface area contributed by atoms with Gasteiger partial charge in [-0.05, 0) is 28.8 Å². The molecular formula is C20H25ClN2O2. The standard InChI is InChI=1S/C20H25ClN2O2/c1-20(2,17-9-6-10-18(21)11-17)14-23-19(24)22-12-15-7-4-5-8-16(15)13-25-3/h4-11H,12-14H2,1-3H3,(H2,22,23,24). The second-order valence-corrected chi connectivity index (χ2v) is 7.07. The van der Waals surface area contributed by atoms with E-state index in [-0.39, 0.29) is 11.4 Å². The highest BCUT2D eigenvalue weighted by atomic mass is 35.5. The molecule has 2 N–H and O–H groups in total. The van der Waals surface area contributed by atoms with Crippen molar-refractivity contribution >= 4 is 17.6 Å². The third-order valence-electron chi connectivity index (χ3n) is 4.15. The van der Waals surface area contributed by atoms with E-state index in [1.54, 1.807) is 7.11 Å². The fourth-order valence-electron chi connectivity index (χ4n) is 2.58. The van der Waals surface area contributed by atoms with Gasteiger partial charge in [0.1, 0.15) is 0 Å². The zero-order valence-corrected chi connectivity index (χ0v) is 15.7. The van der Waals surface area contributed by atoms with Crippen LogP contribution in [0.15, 0.2) is 48.5 Å². The van der Waals surface area contributed by atoms with Crippen LogP contribution in [0.4, 0.5) is 4.79 Å². The number of nitrogens with one attached hydrogen (secondary N) is 2. The summed E-state index contributed by atoms with van der Waals surface area (Å²) in [5.74, 6) is 0. The van der Waals surface area contributed by atoms with Crippen molar-refractivity contribution in [2.24, 2.45) is 0 Å². The molecule has 2 amide bonds. The van der Waals surface area contributed by atoms with Gasteiger partial charge in [-0.15, -0.1) is 0 Å². The minimum absolute atomic E-state index is 0.192. The summed E-state index contributed by atoms with van der Waals surface area (Å²) in [6.07, 6.45) is 0. The lowest BCUT2D eigenvalue weighted by Crippen LogP contribution is -2.42. The lowest BCUT2D eigenvalue weighted by Gasteiger charge is -2.26. The number of urea groups is 1. The first-order valence-corrected chi connectivity index (χ1v) is 8.63. The van der Waals surface area contributed by atoms with Crippen LogP contribution in [0.3, 0.4) is 0 Å². The molecule has 0 aliphatic heterocycles. The number of carbonyl (C=O) groups excluding carboxylic acids is 1. The number of methoxy groups -OCH3 is 1. The Kier molecular flexibility index (Phi) is 6.85. The fraction of sp³-hybridized carbons (Fsp3) is 0.350. The summed E-state index contributed by atoms with van der Waals surface area (Å²) >= 11 is 6.06. The zero-order valence-electron chi connectivity index (χ0n) is 14.9. The molecular weight excluding hydrogens is 336 g/mol. The van der Waals surface area contributed by atoms with Crippen LogP contribution in [0.25, 0.3) is 0 Å². The van der Waals surface area contributed by atoms with E-state index in [2.05, 4.69) is 24.5 Å². The van der Waals surface area contributed by atoms with Crippen LogP contribution in [0.5, 0.6) is 0 Å². The molecule has 2 aromatic carbocycles. The van der Waals surface area contributed by atoms with Gasteiger partial charge in [0.2, 0.25) is 0 Å². The number of hydrogen-bond acceptors (Lipinski definition) is 2. The minimum Gasteiger partial charge on any atom is -0.380 e. The quantitative estimate of drug-likeness (QED) is 0.775. The Hall–Kier alpha value is -2.04. The highest BCUT2D eigenvalue weighted by molar-refractivity contribution is 6.30. The first-order chi connectivity index (χ1) is 11.9. The molecule has 0 atom stereocenters. The van der Waals surface area contributed by atoms with Crippen LogP contribution in [-0.4, -0.2) is 19.7 Å². The topological polar surface area (TPSA) is 50.4 Å². The van der Waals surface area contributed by atoms with Crippen molar-refractivity contribution in [2.45, 2.75) is 32.4 Å². The lowest BCUT2D eigenvalue weighted by molar-refractivity contribution is 0.184. The van der Waals surface area contributed by atoms with Gasteiger partial charge in [0.25, 0.3) is 0 Å². The van der Waals surface area contributed by atoms with Crippen LogP contribution in [0.1, 0.15) is 30.5 Å². The zero-order chi connectivity index (χ0) is 18.3. The SMILES string of the molecule is COCc1ccccc1CNC(=O)NCC(C)(C)c1cccc(Cl)c1. The molecule has 0 aliphatic carbocycles. The van der Waals surface area contributed by atoms with Crippen LogP contribution >= 0.6 is 11.6 Å². The molecule has 0 unspecified atom stereocenters. The third-order valence-corrected chi connectivity index (χ3v) is 4.39. The van der Waals surface area contributed by atoms with E-state index in [9.17, 15) is 4.79 Å². The lowest BCUT2D eigenvalue weighted by atomic mass is 9.85. The number of halogens is 1. The Morgan fingerprint density at radius 3 is 2.48 bits per heavy atom. The van der Waals surface area contributed by atoms with Crippen LogP contribution in [-0.2, 0) is 23.3 Å². The van der Waals surface area contributed by atoms with Gasteiger partial charge in [0, 0.05) is 30.6 Å². The first kappa shape index (κ1) is 19.3. The van der Waals surface area contributed by atoms with E-state index in [1.165, 1.54) is 0 Å². The van der Waals surface area contributed by atoms with Crippen LogP contribution in [0, 0.1) is 0 Å². The number of ether oxygens (including phenoxy) is 1. The third kappa shape index (κ3) is 5.76. The van der Waals surface area contributed by atoms with Crippen molar-refractivity contribution in [1.82, 2.24) is 10.6 Å². The van der Waals surface area contributed by atoms with E-state index < -0.39 is 0 Å². The van der Waals surface area contributed by atoms with Crippen molar-refractivity contribution in [2.75, 3.05) is 13.7 Å². The van der Waals surface area contributed by atoms with Gasteiger partial charge in [-0.3, -0.25) is 0 Å². The molecule has 0 saturated heterocycles. The number of carbonyl (C=O) groups is 1. The Bertz CT molecular complexity index is 716. The molecule has 134 valence electrons. The van der Waals surface area contributed by atoms with Crippen molar-refractivity contribution in [3.05, 3.63) is 70.2 Å². The maximum atomic E-state index is 12.2. The maximum absolute atomic E-state index is 12.2. The second-order valence-electron chi connectivity index (χ2n) is 6.63. The number of amides is 2. The Morgan fingerprint density at radius 2 is 1.80 bits per heavy atom. The molecule has 25 heavy (non-hydrogen) atoms. The summed E-state index contributed by atoms with van der Waals surface area (Å²) in [6.45, 7) is 5.66. The number of hydrogen-bond donors (Lipinski definition) is 2. The highest BCUT2D eigenvalue weighted by Gasteiger charge is 2.21. The van der Waals surface area contributed by atoms with Gasteiger partial charge in [0.15, 0.2) is 0 Å². The van der Waals surface area contributed by atoms with Gasteiger partial charge in [0.05, 0.1) is 6.61 Å². The molecule has 0 fully saturated rings. The first-order valence-electron chi connectivity index (χ1n) is 8.26. The normalized spacial score (nSPS) is 11.2. The van der Waals surface area contributed by atoms with Gasteiger partial charge < -0.3 is 15.4 Å². The Balaban J connectivity index is 1.88. The molecule has 0 spiro atoms. The van der Waals surface area contributed by atoms with E-state index in [0.717, 1.165) is 16.7 Å². The summed E-state index contributed by atoms with van der Waals surface area (Å²) in [5, 5.41) is 6.54. The molecule has 0 saturated carbocycles. The van der Waals surface area contributed by atoms with Crippen molar-refractivity contribution in [3.8, 4) is 0 Å². The van der Waals surface area contributed by atoms with E-state index in [0.29, 0.717) is 24.7 Å². The molecule has 4 nitrogen and oxygen atoms in total. The predicted octanol–water partition coefficient (Wildman–Crippen LogP) is 4.26. The summed E-state index contributed by atoms with van der Waals surface area (Å²) in [5.41, 5.74) is 3.00. The predicted molar refractivity (Wildman–Crippen MR) is 102 cm³/mol. The summed E-state index contributed by atoms with van der Waals surface area (Å²) in [6, 6.07) is 15.4. The Morgan fingerprint density at radius 1 is 1.08 bits per heavy atom. The smallest absolute Gasteiger partial charge is 0.315 e. The second kappa shape index (κ2) is 8.88. The fourth-order valence-corrected chi connectivity index (χ4v) is 2.77. The largest absolute Gasteiger partial charge is 0.380 e. The highest BCUT2D eigenvalue weighted by Crippen LogP contribution is 2.24. The molecule has 5 heteroatoms. The van der Waals surface area contributed by atoms with Crippen LogP contribution in [0.2, 0.25) is 5.02 Å². The number of rotatable bonds is 7. The molecule has 0 radical (unpaired) electrons. The molecule has 0 aliphatic rings. The molecule has 2 rings (SSSR count). The van der Waals surface area contributed by atoms with E-state index >= 15 is 0 Å². The average molecular weight is 361 g/mol. The van der Waals surface area contributed by atoms with Gasteiger partial charge >= 0.3 is 6.03 Å². The maximum Gasteiger partial charge on any atom is 0.315 e. The van der Waals surface area contributed by atoms with Gasteiger partial charge in [-0.1, -0.05) is 61.8 Å². The van der Waals surface area contributed by atoms with Gasteiger partial charge in [-0.2, -0.15) is 0 Å². The number of benzene rings is 2. The van der Waals surface area contributed by atoms with Crippen molar-refractivity contribution in [1.29, 1.82) is 0 Å². The van der Waals surface area contributed by atoms with Crippen molar-refractivity contribution < 1.29 is 9.53 Å². The van der Waals surface area contributed by atoms with Crippen molar-refractivity contribution in [3.63, 3.8) is 0 Å². The molecule has 0 heterocycles. The monoisotopic (exact) mass is 360 g/mol. The molecule has 2 aromatic rings. The molecule has 0 aromatic heterocycles. The molecule has 0 bridgehead atoms. The summed E-state index contributed by atoms with van der Waals surface area (Å²) in [4.78, 5) is 12.2. The summed E-state index contributed by atoms with van der Waals surface area (Å²) < 4.78 is 5.19. The summed E-state index contributed by atoms with van der Waals surface area (Å²) in [7, 11) is 1.66. The van der Waals surface area contributed by atoms with Crippen LogP contribution < -0.4 is 10.6 Å². The van der Waals surface area contributed by atoms with E-state index in [4.69, 9.17) is 16.3 Å².